The van der Waals surface area contributed by atoms with E-state index in [0.717, 1.165) is 56.4 Å². The molecule has 2 aliphatic rings. The van der Waals surface area contributed by atoms with Crippen molar-refractivity contribution in [1.82, 2.24) is 15.5 Å². The molecular weight excluding hydrogens is 392 g/mol. The smallest absolute Gasteiger partial charge is 0.222 e. The van der Waals surface area contributed by atoms with E-state index in [4.69, 9.17) is 9.47 Å². The zero-order valence-corrected chi connectivity index (χ0v) is 19.5. The maximum absolute atomic E-state index is 12.0. The molecule has 1 unspecified atom stereocenters. The lowest BCUT2D eigenvalue weighted by atomic mass is 9.69. The van der Waals surface area contributed by atoms with Crippen LogP contribution in [0.15, 0.2) is 23.2 Å². The molecule has 2 N–H and O–H groups in total. The lowest BCUT2D eigenvalue weighted by molar-refractivity contribution is -0.129. The topological polar surface area (TPSA) is 75.2 Å². The maximum Gasteiger partial charge on any atom is 0.222 e. The number of carbonyl (C=O) groups excluding carboxylic acids is 1. The number of amides is 1. The monoisotopic (exact) mass is 430 g/mol. The summed E-state index contributed by atoms with van der Waals surface area (Å²) in [7, 11) is 5.17. The van der Waals surface area contributed by atoms with E-state index in [2.05, 4.69) is 27.8 Å². The summed E-state index contributed by atoms with van der Waals surface area (Å²) in [6, 6.07) is 6.56. The summed E-state index contributed by atoms with van der Waals surface area (Å²) < 4.78 is 11.0. The number of benzene rings is 1. The second-order valence-corrected chi connectivity index (χ2v) is 8.66. The fraction of sp³-hybridized carbons (Fsp3) is 0.667. The molecule has 1 amide bonds. The van der Waals surface area contributed by atoms with E-state index in [1.54, 1.807) is 14.2 Å². The second kappa shape index (κ2) is 10.7. The van der Waals surface area contributed by atoms with Crippen molar-refractivity contribution in [2.45, 2.75) is 63.3 Å². The molecule has 172 valence electrons. The van der Waals surface area contributed by atoms with E-state index in [-0.39, 0.29) is 17.4 Å². The number of nitrogens with zero attached hydrogens (tertiary/aromatic N) is 2. The number of nitrogens with one attached hydrogen (secondary N) is 2. The van der Waals surface area contributed by atoms with Crippen LogP contribution in [0.25, 0.3) is 0 Å². The first-order chi connectivity index (χ1) is 15.0. The summed E-state index contributed by atoms with van der Waals surface area (Å²) in [6.07, 6.45) is 7.51. The Hall–Kier alpha value is -2.44. The molecule has 2 fully saturated rings. The van der Waals surface area contributed by atoms with Gasteiger partial charge in [0, 0.05) is 44.6 Å². The average Bonchev–Trinajstić information content (AvgIpc) is 3.29. The largest absolute Gasteiger partial charge is 0.493 e. The minimum absolute atomic E-state index is 0.0370. The zero-order valence-electron chi connectivity index (χ0n) is 19.5. The lowest BCUT2D eigenvalue weighted by Gasteiger charge is -2.39. The van der Waals surface area contributed by atoms with E-state index in [0.29, 0.717) is 6.42 Å². The van der Waals surface area contributed by atoms with Crippen molar-refractivity contribution < 1.29 is 14.3 Å². The van der Waals surface area contributed by atoms with Gasteiger partial charge in [-0.25, -0.2) is 0 Å². The van der Waals surface area contributed by atoms with Crippen molar-refractivity contribution in [2.75, 3.05) is 40.9 Å². The van der Waals surface area contributed by atoms with E-state index in [9.17, 15) is 4.79 Å². The normalized spacial score (nSPS) is 21.0. The van der Waals surface area contributed by atoms with Crippen LogP contribution in [0.2, 0.25) is 0 Å². The number of hydrogen-bond acceptors (Lipinski definition) is 4. The zero-order chi connectivity index (χ0) is 22.3. The Morgan fingerprint density at radius 2 is 1.94 bits per heavy atom. The van der Waals surface area contributed by atoms with E-state index in [1.807, 2.05) is 24.9 Å². The molecule has 0 radical (unpaired) electrons. The summed E-state index contributed by atoms with van der Waals surface area (Å²) in [4.78, 5) is 18.4. The molecule has 7 heteroatoms. The third-order valence-corrected chi connectivity index (χ3v) is 6.81. The molecular formula is C24H38N4O3. The number of ether oxygens (including phenoxy) is 2. The van der Waals surface area contributed by atoms with Crippen molar-refractivity contribution in [3.8, 4) is 11.5 Å². The van der Waals surface area contributed by atoms with Gasteiger partial charge in [-0.1, -0.05) is 32.3 Å². The van der Waals surface area contributed by atoms with Gasteiger partial charge in [0.1, 0.15) is 0 Å². The van der Waals surface area contributed by atoms with Crippen LogP contribution in [0.1, 0.15) is 57.4 Å². The summed E-state index contributed by atoms with van der Waals surface area (Å²) in [5.74, 6) is 2.57. The standard InChI is InChI=1S/C24H38N4O3/c1-5-22(29)28-14-11-19(16-28)27-23(25-2)26-17-24(12-7-6-8-13-24)18-9-10-20(30-3)21(15-18)31-4/h9-10,15,19H,5-8,11-14,16-17H2,1-4H3,(H2,25,26,27). The first-order valence-corrected chi connectivity index (χ1v) is 11.5. The highest BCUT2D eigenvalue weighted by molar-refractivity contribution is 5.80. The number of methoxy groups -OCH3 is 2. The number of guanidine groups is 1. The molecule has 31 heavy (non-hydrogen) atoms. The van der Waals surface area contributed by atoms with E-state index < -0.39 is 0 Å². The summed E-state index contributed by atoms with van der Waals surface area (Å²) in [5, 5.41) is 7.12. The Kier molecular flexibility index (Phi) is 8.04. The number of rotatable bonds is 7. The van der Waals surface area contributed by atoms with Crippen molar-refractivity contribution in [1.29, 1.82) is 0 Å². The predicted molar refractivity (Wildman–Crippen MR) is 124 cm³/mol. The summed E-state index contributed by atoms with van der Waals surface area (Å²) >= 11 is 0. The summed E-state index contributed by atoms with van der Waals surface area (Å²) in [5.41, 5.74) is 1.32. The molecule has 1 heterocycles. The average molecular weight is 431 g/mol. The molecule has 0 bridgehead atoms. The van der Waals surface area contributed by atoms with Crippen LogP contribution in [0.5, 0.6) is 11.5 Å². The molecule has 1 atom stereocenters. The number of likely N-dealkylation sites (tertiary alicyclic amines) is 1. The second-order valence-electron chi connectivity index (χ2n) is 8.66. The van der Waals surface area contributed by atoms with Crippen molar-refractivity contribution >= 4 is 11.9 Å². The third kappa shape index (κ3) is 5.43. The predicted octanol–water partition coefficient (Wildman–Crippen LogP) is 3.08. The van der Waals surface area contributed by atoms with Crippen molar-refractivity contribution in [3.05, 3.63) is 23.8 Å². The lowest BCUT2D eigenvalue weighted by Crippen LogP contribution is -2.49. The van der Waals surface area contributed by atoms with Gasteiger partial charge in [0.05, 0.1) is 14.2 Å². The number of aliphatic imine (C=N–C) groups is 1. The first-order valence-electron chi connectivity index (χ1n) is 11.5. The van der Waals surface area contributed by atoms with Crippen LogP contribution in [0.4, 0.5) is 0 Å². The highest BCUT2D eigenvalue weighted by Crippen LogP contribution is 2.42. The van der Waals surface area contributed by atoms with Crippen LogP contribution in [0, 0.1) is 0 Å². The molecule has 1 aromatic rings. The summed E-state index contributed by atoms with van der Waals surface area (Å²) in [6.45, 7) is 4.29. The van der Waals surface area contributed by atoms with Gasteiger partial charge in [-0.2, -0.15) is 0 Å². The minimum Gasteiger partial charge on any atom is -0.493 e. The van der Waals surface area contributed by atoms with Gasteiger partial charge < -0.3 is 25.0 Å². The van der Waals surface area contributed by atoms with Crippen LogP contribution in [0.3, 0.4) is 0 Å². The van der Waals surface area contributed by atoms with Gasteiger partial charge in [0.2, 0.25) is 5.91 Å². The molecule has 1 aromatic carbocycles. The molecule has 0 aromatic heterocycles. The first kappa shape index (κ1) is 23.2. The Labute approximate surface area is 186 Å². The molecule has 7 nitrogen and oxygen atoms in total. The maximum atomic E-state index is 12.0. The van der Waals surface area contributed by atoms with Crippen LogP contribution in [-0.4, -0.2) is 63.7 Å². The number of carbonyl (C=O) groups is 1. The Morgan fingerprint density at radius 3 is 2.58 bits per heavy atom. The SMILES string of the molecule is CCC(=O)N1CCC(NC(=NC)NCC2(c3ccc(OC)c(OC)c3)CCCCC2)C1. The molecule has 3 rings (SSSR count). The van der Waals surface area contributed by atoms with Gasteiger partial charge in [-0.3, -0.25) is 9.79 Å². The van der Waals surface area contributed by atoms with Gasteiger partial charge >= 0.3 is 0 Å². The van der Waals surface area contributed by atoms with Crippen LogP contribution in [-0.2, 0) is 10.2 Å². The van der Waals surface area contributed by atoms with Crippen LogP contribution >= 0.6 is 0 Å². The minimum atomic E-state index is 0.0370. The van der Waals surface area contributed by atoms with E-state index >= 15 is 0 Å². The van der Waals surface area contributed by atoms with Gasteiger partial charge in [-0.15, -0.1) is 0 Å². The fourth-order valence-electron chi connectivity index (χ4n) is 4.93. The quantitative estimate of drug-likeness (QED) is 0.514. The molecule has 1 saturated carbocycles. The van der Waals surface area contributed by atoms with Gasteiger partial charge in [0.25, 0.3) is 0 Å². The van der Waals surface area contributed by atoms with Crippen molar-refractivity contribution in [3.63, 3.8) is 0 Å². The Bertz CT molecular complexity index is 774. The number of hydrogen-bond donors (Lipinski definition) is 2. The third-order valence-electron chi connectivity index (χ3n) is 6.81. The fourth-order valence-corrected chi connectivity index (χ4v) is 4.93. The highest BCUT2D eigenvalue weighted by atomic mass is 16.5. The van der Waals surface area contributed by atoms with Crippen LogP contribution < -0.4 is 20.1 Å². The molecule has 1 saturated heterocycles. The molecule has 0 spiro atoms. The molecule has 1 aliphatic carbocycles. The molecule has 1 aliphatic heterocycles. The highest BCUT2D eigenvalue weighted by Gasteiger charge is 2.35. The Morgan fingerprint density at radius 1 is 1.19 bits per heavy atom. The Balaban J connectivity index is 1.69. The van der Waals surface area contributed by atoms with E-state index in [1.165, 1.54) is 24.8 Å². The van der Waals surface area contributed by atoms with Gasteiger partial charge in [0.15, 0.2) is 17.5 Å². The van der Waals surface area contributed by atoms with Gasteiger partial charge in [-0.05, 0) is 37.0 Å². The van der Waals surface area contributed by atoms with Crippen molar-refractivity contribution in [2.24, 2.45) is 4.99 Å².